The summed E-state index contributed by atoms with van der Waals surface area (Å²) >= 11 is 0. The van der Waals surface area contributed by atoms with Crippen LogP contribution in [0.3, 0.4) is 0 Å². The van der Waals surface area contributed by atoms with E-state index in [9.17, 15) is 18.8 Å². The number of nitrogens with zero attached hydrogens (tertiary/aromatic N) is 1. The predicted octanol–water partition coefficient (Wildman–Crippen LogP) is -0.0340. The van der Waals surface area contributed by atoms with Crippen molar-refractivity contribution in [3.63, 3.8) is 0 Å². The number of carbonyl (C=O) groups is 3. The number of imide groups is 1. The molecule has 0 bridgehead atoms. The monoisotopic (exact) mass is 265 g/mol. The van der Waals surface area contributed by atoms with Gasteiger partial charge in [-0.2, -0.15) is 0 Å². The average molecular weight is 265 g/mol. The number of anilines is 1. The van der Waals surface area contributed by atoms with Gasteiger partial charge in [0.25, 0.3) is 5.91 Å². The number of rotatable bonds is 2. The molecule has 7 heteroatoms. The van der Waals surface area contributed by atoms with Gasteiger partial charge in [-0.05, 0) is 12.1 Å². The number of hydrogen-bond donors (Lipinski definition) is 2. The molecule has 2 rings (SSSR count). The van der Waals surface area contributed by atoms with Crippen LogP contribution in [-0.4, -0.2) is 42.8 Å². The van der Waals surface area contributed by atoms with Gasteiger partial charge in [0.1, 0.15) is 18.9 Å². The molecule has 1 aromatic carbocycles. The molecule has 1 fully saturated rings. The Balaban J connectivity index is 2.31. The van der Waals surface area contributed by atoms with E-state index in [0.29, 0.717) is 0 Å². The van der Waals surface area contributed by atoms with Crippen LogP contribution in [0.4, 0.5) is 10.1 Å². The third kappa shape index (κ3) is 2.54. The molecule has 1 aliphatic rings. The number of para-hydroxylation sites is 1. The van der Waals surface area contributed by atoms with Gasteiger partial charge in [-0.15, -0.1) is 0 Å². The number of hydrogen-bond acceptors (Lipinski definition) is 4. The van der Waals surface area contributed by atoms with Gasteiger partial charge in [0.2, 0.25) is 11.8 Å². The van der Waals surface area contributed by atoms with Crippen LogP contribution in [0.15, 0.2) is 18.2 Å². The molecular weight excluding hydrogens is 253 g/mol. The molecule has 1 aromatic rings. The first-order valence-corrected chi connectivity index (χ1v) is 5.61. The summed E-state index contributed by atoms with van der Waals surface area (Å²) in [7, 11) is 1.49. The maximum atomic E-state index is 13.6. The molecule has 0 radical (unpaired) electrons. The SMILES string of the molecule is CNc1c(F)cccc1C(=O)N1CC(=O)NC(=O)C1. The van der Waals surface area contributed by atoms with Gasteiger partial charge in [-0.25, -0.2) is 4.39 Å². The second-order valence-corrected chi connectivity index (χ2v) is 4.04. The smallest absolute Gasteiger partial charge is 0.257 e. The molecular formula is C12H12FN3O3. The first-order valence-electron chi connectivity index (χ1n) is 5.61. The van der Waals surface area contributed by atoms with Crippen molar-refractivity contribution in [2.24, 2.45) is 0 Å². The Kier molecular flexibility index (Phi) is 3.46. The van der Waals surface area contributed by atoms with Gasteiger partial charge >= 0.3 is 0 Å². The second-order valence-electron chi connectivity index (χ2n) is 4.04. The van der Waals surface area contributed by atoms with E-state index in [1.807, 2.05) is 0 Å². The molecule has 0 aliphatic carbocycles. The fourth-order valence-electron chi connectivity index (χ4n) is 1.91. The Morgan fingerprint density at radius 2 is 1.95 bits per heavy atom. The Morgan fingerprint density at radius 3 is 2.53 bits per heavy atom. The number of piperazine rings is 1. The van der Waals surface area contributed by atoms with Gasteiger partial charge in [0.05, 0.1) is 11.3 Å². The summed E-state index contributed by atoms with van der Waals surface area (Å²) < 4.78 is 13.6. The van der Waals surface area contributed by atoms with Crippen molar-refractivity contribution in [3.8, 4) is 0 Å². The molecule has 1 aliphatic heterocycles. The number of nitrogens with one attached hydrogen (secondary N) is 2. The summed E-state index contributed by atoms with van der Waals surface area (Å²) in [6.07, 6.45) is 0. The van der Waals surface area contributed by atoms with E-state index in [-0.39, 0.29) is 24.3 Å². The van der Waals surface area contributed by atoms with E-state index in [0.717, 1.165) is 4.90 Å². The van der Waals surface area contributed by atoms with Gasteiger partial charge in [0.15, 0.2) is 0 Å². The van der Waals surface area contributed by atoms with Crippen LogP contribution >= 0.6 is 0 Å². The lowest BCUT2D eigenvalue weighted by Crippen LogP contribution is -2.53. The van der Waals surface area contributed by atoms with Crippen LogP contribution in [0.1, 0.15) is 10.4 Å². The van der Waals surface area contributed by atoms with Crippen LogP contribution in [0.25, 0.3) is 0 Å². The molecule has 0 spiro atoms. The number of benzene rings is 1. The maximum Gasteiger partial charge on any atom is 0.257 e. The molecule has 1 heterocycles. The zero-order valence-corrected chi connectivity index (χ0v) is 10.2. The fraction of sp³-hybridized carbons (Fsp3) is 0.250. The summed E-state index contributed by atoms with van der Waals surface area (Å²) in [6, 6.07) is 4.06. The Morgan fingerprint density at radius 1 is 1.32 bits per heavy atom. The molecule has 0 saturated carbocycles. The molecule has 100 valence electrons. The minimum atomic E-state index is -0.568. The lowest BCUT2D eigenvalue weighted by molar-refractivity contribution is -0.135. The van der Waals surface area contributed by atoms with Crippen LogP contribution in [0.5, 0.6) is 0 Å². The van der Waals surface area contributed by atoms with Gasteiger partial charge in [-0.3, -0.25) is 19.7 Å². The average Bonchev–Trinajstić information content (AvgIpc) is 2.36. The first kappa shape index (κ1) is 13.0. The summed E-state index contributed by atoms with van der Waals surface area (Å²) in [5.74, 6) is -2.23. The van der Waals surface area contributed by atoms with E-state index in [2.05, 4.69) is 10.6 Å². The van der Waals surface area contributed by atoms with E-state index < -0.39 is 23.5 Å². The zero-order chi connectivity index (χ0) is 14.0. The topological polar surface area (TPSA) is 78.5 Å². The molecule has 0 unspecified atom stereocenters. The van der Waals surface area contributed by atoms with Gasteiger partial charge in [0, 0.05) is 7.05 Å². The molecule has 1 saturated heterocycles. The molecule has 6 nitrogen and oxygen atoms in total. The summed E-state index contributed by atoms with van der Waals surface area (Å²) in [5.41, 5.74) is 0.135. The molecule has 19 heavy (non-hydrogen) atoms. The van der Waals surface area contributed by atoms with E-state index in [4.69, 9.17) is 0 Å². The van der Waals surface area contributed by atoms with Gasteiger partial charge < -0.3 is 10.2 Å². The lowest BCUT2D eigenvalue weighted by atomic mass is 10.1. The largest absolute Gasteiger partial charge is 0.385 e. The summed E-state index contributed by atoms with van der Waals surface area (Å²) in [4.78, 5) is 35.7. The summed E-state index contributed by atoms with van der Waals surface area (Å²) in [5, 5.41) is 4.69. The van der Waals surface area contributed by atoms with E-state index in [1.165, 1.54) is 25.2 Å². The number of halogens is 1. The minimum Gasteiger partial charge on any atom is -0.385 e. The Bertz CT molecular complexity index is 543. The third-order valence-corrected chi connectivity index (χ3v) is 2.73. The van der Waals surface area contributed by atoms with Crippen molar-refractivity contribution in [1.29, 1.82) is 0 Å². The van der Waals surface area contributed by atoms with Crippen molar-refractivity contribution in [1.82, 2.24) is 10.2 Å². The summed E-state index contributed by atoms with van der Waals surface area (Å²) in [6.45, 7) is -0.436. The number of amides is 3. The highest BCUT2D eigenvalue weighted by molar-refractivity contribution is 6.07. The minimum absolute atomic E-state index is 0.0472. The Hall–Kier alpha value is -2.44. The molecule has 3 amide bonds. The number of carbonyl (C=O) groups excluding carboxylic acids is 3. The van der Waals surface area contributed by atoms with Crippen molar-refractivity contribution in [3.05, 3.63) is 29.6 Å². The quantitative estimate of drug-likeness (QED) is 0.736. The predicted molar refractivity (Wildman–Crippen MR) is 65.0 cm³/mol. The highest BCUT2D eigenvalue weighted by atomic mass is 19.1. The molecule has 0 aromatic heterocycles. The highest BCUT2D eigenvalue weighted by Crippen LogP contribution is 2.21. The molecule has 2 N–H and O–H groups in total. The molecule has 0 atom stereocenters. The van der Waals surface area contributed by atoms with E-state index in [1.54, 1.807) is 0 Å². The van der Waals surface area contributed by atoms with Crippen LogP contribution in [0.2, 0.25) is 0 Å². The fourth-order valence-corrected chi connectivity index (χ4v) is 1.91. The van der Waals surface area contributed by atoms with Gasteiger partial charge in [-0.1, -0.05) is 6.07 Å². The van der Waals surface area contributed by atoms with Crippen molar-refractivity contribution >= 4 is 23.4 Å². The van der Waals surface area contributed by atoms with Crippen molar-refractivity contribution in [2.45, 2.75) is 0 Å². The maximum absolute atomic E-state index is 13.6. The Labute approximate surface area is 108 Å². The third-order valence-electron chi connectivity index (χ3n) is 2.73. The van der Waals surface area contributed by atoms with E-state index >= 15 is 0 Å². The first-order chi connectivity index (χ1) is 9.02. The highest BCUT2D eigenvalue weighted by Gasteiger charge is 2.28. The van der Waals surface area contributed by atoms with Crippen LogP contribution in [-0.2, 0) is 9.59 Å². The zero-order valence-electron chi connectivity index (χ0n) is 10.2. The van der Waals surface area contributed by atoms with Crippen molar-refractivity contribution < 1.29 is 18.8 Å². The normalized spacial score (nSPS) is 15.2. The standard InChI is InChI=1S/C12H12FN3O3/c1-14-11-7(3-2-4-8(11)13)12(19)16-5-9(17)15-10(18)6-16/h2-4,14H,5-6H2,1H3,(H,15,17,18). The van der Waals surface area contributed by atoms with Crippen LogP contribution < -0.4 is 10.6 Å². The van der Waals surface area contributed by atoms with Crippen LogP contribution in [0, 0.1) is 5.82 Å². The van der Waals surface area contributed by atoms with Crippen molar-refractivity contribution in [2.75, 3.05) is 25.5 Å². The second kappa shape index (κ2) is 5.05. The lowest BCUT2D eigenvalue weighted by Gasteiger charge is -2.26.